The Morgan fingerprint density at radius 3 is 2.75 bits per heavy atom. The minimum absolute atomic E-state index is 0.00102. The van der Waals surface area contributed by atoms with Gasteiger partial charge in [0.15, 0.2) is 0 Å². The molecule has 2 aromatic rings. The average molecular weight is 340 g/mol. The molecule has 0 saturated carbocycles. The number of para-hydroxylation sites is 1. The topological polar surface area (TPSA) is 49.4 Å². The number of nitrogens with zero attached hydrogens (tertiary/aromatic N) is 1. The maximum absolute atomic E-state index is 12.6. The van der Waals surface area contributed by atoms with Gasteiger partial charge in [0.05, 0.1) is 11.6 Å². The summed E-state index contributed by atoms with van der Waals surface area (Å²) in [5.41, 5.74) is 2.76. The normalized spacial score (nSPS) is 17.2. The third kappa shape index (κ3) is 3.46. The van der Waals surface area contributed by atoms with Crippen LogP contribution in [0.4, 0.5) is 11.4 Å². The molecule has 5 heteroatoms. The number of hydrogen-bond donors (Lipinski definition) is 1. The highest BCUT2D eigenvalue weighted by Crippen LogP contribution is 2.29. The number of hydrogen-bond acceptors (Lipinski definition) is 3. The number of anilines is 2. The van der Waals surface area contributed by atoms with Crippen LogP contribution in [-0.4, -0.2) is 24.6 Å². The standard InChI is InChI=1S/C19H20N2O2S/c1-13-6-5-7-15(10-13)21-12-14(11-18(21)22)19(23)20-16-8-3-4-9-17(16)24-2/h3-10,14H,11-12H2,1-2H3,(H,20,23)/t14-/m0/s1. The van der Waals surface area contributed by atoms with Crippen molar-refractivity contribution in [2.45, 2.75) is 18.2 Å². The number of thioether (sulfide) groups is 1. The van der Waals surface area contributed by atoms with Gasteiger partial charge in [-0.05, 0) is 43.0 Å². The molecular weight excluding hydrogens is 320 g/mol. The van der Waals surface area contributed by atoms with E-state index in [1.165, 1.54) is 0 Å². The van der Waals surface area contributed by atoms with Crippen molar-refractivity contribution >= 4 is 35.0 Å². The molecule has 4 nitrogen and oxygen atoms in total. The summed E-state index contributed by atoms with van der Waals surface area (Å²) in [5, 5.41) is 2.97. The quantitative estimate of drug-likeness (QED) is 0.863. The third-order valence-electron chi connectivity index (χ3n) is 4.17. The van der Waals surface area contributed by atoms with E-state index < -0.39 is 0 Å². The van der Waals surface area contributed by atoms with Crippen LogP contribution in [0.15, 0.2) is 53.4 Å². The largest absolute Gasteiger partial charge is 0.325 e. The van der Waals surface area contributed by atoms with Crippen LogP contribution in [0.2, 0.25) is 0 Å². The molecule has 0 radical (unpaired) electrons. The molecule has 1 aliphatic heterocycles. The van der Waals surface area contributed by atoms with Crippen LogP contribution in [0.5, 0.6) is 0 Å². The molecule has 0 aromatic heterocycles. The van der Waals surface area contributed by atoms with Crippen molar-refractivity contribution in [2.24, 2.45) is 5.92 Å². The molecule has 1 N–H and O–H groups in total. The van der Waals surface area contributed by atoms with Crippen LogP contribution < -0.4 is 10.2 Å². The first-order valence-electron chi connectivity index (χ1n) is 7.89. The number of carbonyl (C=O) groups is 2. The Morgan fingerprint density at radius 2 is 2.00 bits per heavy atom. The highest BCUT2D eigenvalue weighted by molar-refractivity contribution is 7.98. The molecule has 1 fully saturated rings. The van der Waals surface area contributed by atoms with Crippen LogP contribution in [-0.2, 0) is 9.59 Å². The van der Waals surface area contributed by atoms with Crippen molar-refractivity contribution in [1.82, 2.24) is 0 Å². The molecule has 1 heterocycles. The lowest BCUT2D eigenvalue weighted by Gasteiger charge is -2.17. The Balaban J connectivity index is 1.72. The van der Waals surface area contributed by atoms with Gasteiger partial charge in [0, 0.05) is 23.5 Å². The molecule has 2 aromatic carbocycles. The molecule has 1 aliphatic rings. The first-order valence-corrected chi connectivity index (χ1v) is 9.12. The molecule has 0 aliphatic carbocycles. The molecule has 24 heavy (non-hydrogen) atoms. The van der Waals surface area contributed by atoms with Gasteiger partial charge in [-0.2, -0.15) is 0 Å². The van der Waals surface area contributed by atoms with Crippen molar-refractivity contribution in [3.05, 3.63) is 54.1 Å². The second kappa shape index (κ2) is 7.09. The molecule has 0 unspecified atom stereocenters. The Labute approximate surface area is 146 Å². The van der Waals surface area contributed by atoms with Gasteiger partial charge in [0.25, 0.3) is 0 Å². The fraction of sp³-hybridized carbons (Fsp3) is 0.263. The summed E-state index contributed by atoms with van der Waals surface area (Å²) in [6.07, 6.45) is 2.23. The summed E-state index contributed by atoms with van der Waals surface area (Å²) in [5.74, 6) is -0.424. The van der Waals surface area contributed by atoms with Gasteiger partial charge in [0.1, 0.15) is 0 Å². The minimum Gasteiger partial charge on any atom is -0.325 e. The molecule has 3 rings (SSSR count). The zero-order chi connectivity index (χ0) is 17.1. The second-order valence-corrected chi connectivity index (χ2v) is 6.78. The van der Waals surface area contributed by atoms with E-state index in [-0.39, 0.29) is 24.2 Å². The number of rotatable bonds is 4. The predicted octanol–water partition coefficient (Wildman–Crippen LogP) is 3.71. The van der Waals surface area contributed by atoms with E-state index >= 15 is 0 Å². The first kappa shape index (κ1) is 16.6. The second-order valence-electron chi connectivity index (χ2n) is 5.93. The zero-order valence-electron chi connectivity index (χ0n) is 13.8. The summed E-state index contributed by atoms with van der Waals surface area (Å²) < 4.78 is 0. The Kier molecular flexibility index (Phi) is 4.90. The first-order chi connectivity index (χ1) is 11.6. The van der Waals surface area contributed by atoms with Gasteiger partial charge in [-0.15, -0.1) is 11.8 Å². The van der Waals surface area contributed by atoms with Crippen LogP contribution in [0.25, 0.3) is 0 Å². The fourth-order valence-electron chi connectivity index (χ4n) is 2.91. The van der Waals surface area contributed by atoms with E-state index in [0.717, 1.165) is 21.8 Å². The van der Waals surface area contributed by atoms with E-state index in [4.69, 9.17) is 0 Å². The SMILES string of the molecule is CSc1ccccc1NC(=O)[C@H]1CC(=O)N(c2cccc(C)c2)C1. The van der Waals surface area contributed by atoms with Gasteiger partial charge < -0.3 is 10.2 Å². The molecule has 0 spiro atoms. The van der Waals surface area contributed by atoms with Gasteiger partial charge >= 0.3 is 0 Å². The van der Waals surface area contributed by atoms with Crippen molar-refractivity contribution in [1.29, 1.82) is 0 Å². The maximum Gasteiger partial charge on any atom is 0.229 e. The van der Waals surface area contributed by atoms with Crippen LogP contribution in [0, 0.1) is 12.8 Å². The minimum atomic E-state index is -0.326. The number of aryl methyl sites for hydroxylation is 1. The highest BCUT2D eigenvalue weighted by atomic mass is 32.2. The Morgan fingerprint density at radius 1 is 1.21 bits per heavy atom. The maximum atomic E-state index is 12.6. The smallest absolute Gasteiger partial charge is 0.229 e. The molecular formula is C19H20N2O2S. The van der Waals surface area contributed by atoms with E-state index in [1.54, 1.807) is 16.7 Å². The van der Waals surface area contributed by atoms with E-state index in [0.29, 0.717) is 6.54 Å². The molecule has 1 saturated heterocycles. The Bertz CT molecular complexity index is 775. The third-order valence-corrected chi connectivity index (χ3v) is 4.97. The lowest BCUT2D eigenvalue weighted by Crippen LogP contribution is -2.28. The highest BCUT2D eigenvalue weighted by Gasteiger charge is 2.35. The van der Waals surface area contributed by atoms with Gasteiger partial charge in [-0.1, -0.05) is 24.3 Å². The number of carbonyl (C=O) groups excluding carboxylic acids is 2. The zero-order valence-corrected chi connectivity index (χ0v) is 14.6. The van der Waals surface area contributed by atoms with Gasteiger partial charge in [-0.3, -0.25) is 9.59 Å². The van der Waals surface area contributed by atoms with Crippen LogP contribution in [0.1, 0.15) is 12.0 Å². The summed E-state index contributed by atoms with van der Waals surface area (Å²) in [6.45, 7) is 2.42. The summed E-state index contributed by atoms with van der Waals surface area (Å²) in [4.78, 5) is 27.6. The number of amides is 2. The molecule has 2 amide bonds. The average Bonchev–Trinajstić information content (AvgIpc) is 2.97. The summed E-state index contributed by atoms with van der Waals surface area (Å²) in [6, 6.07) is 15.5. The lowest BCUT2D eigenvalue weighted by molar-refractivity contribution is -0.122. The van der Waals surface area contributed by atoms with Crippen LogP contribution >= 0.6 is 11.8 Å². The molecule has 124 valence electrons. The number of nitrogens with one attached hydrogen (secondary N) is 1. The summed E-state index contributed by atoms with van der Waals surface area (Å²) in [7, 11) is 0. The van der Waals surface area contributed by atoms with E-state index in [1.807, 2.05) is 61.7 Å². The van der Waals surface area contributed by atoms with Crippen molar-refractivity contribution in [3.8, 4) is 0 Å². The lowest BCUT2D eigenvalue weighted by atomic mass is 10.1. The van der Waals surface area contributed by atoms with Crippen molar-refractivity contribution in [2.75, 3.05) is 23.0 Å². The fourth-order valence-corrected chi connectivity index (χ4v) is 3.46. The van der Waals surface area contributed by atoms with Crippen LogP contribution in [0.3, 0.4) is 0 Å². The van der Waals surface area contributed by atoms with Crippen molar-refractivity contribution < 1.29 is 9.59 Å². The number of benzene rings is 2. The predicted molar refractivity (Wildman–Crippen MR) is 98.5 cm³/mol. The van der Waals surface area contributed by atoms with Crippen molar-refractivity contribution in [3.63, 3.8) is 0 Å². The van der Waals surface area contributed by atoms with Gasteiger partial charge in [-0.25, -0.2) is 0 Å². The summed E-state index contributed by atoms with van der Waals surface area (Å²) >= 11 is 1.59. The van der Waals surface area contributed by atoms with E-state index in [9.17, 15) is 9.59 Å². The van der Waals surface area contributed by atoms with Gasteiger partial charge in [0.2, 0.25) is 11.8 Å². The monoisotopic (exact) mass is 340 g/mol. The Hall–Kier alpha value is -2.27. The molecule has 1 atom stereocenters. The van der Waals surface area contributed by atoms with E-state index in [2.05, 4.69) is 5.32 Å². The molecule has 0 bridgehead atoms.